The topological polar surface area (TPSA) is 48.9 Å². The van der Waals surface area contributed by atoms with Gasteiger partial charge in [-0.3, -0.25) is 9.89 Å². The third-order valence-electron chi connectivity index (χ3n) is 4.50. The van der Waals surface area contributed by atoms with Crippen LogP contribution in [0.2, 0.25) is 5.02 Å². The van der Waals surface area contributed by atoms with Crippen molar-refractivity contribution >= 4 is 17.6 Å². The molecule has 1 heterocycles. The zero-order valence-corrected chi connectivity index (χ0v) is 15.8. The summed E-state index contributed by atoms with van der Waals surface area (Å²) in [5.41, 5.74) is 1.18. The molecule has 5 nitrogen and oxygen atoms in total. The Morgan fingerprint density at radius 1 is 1.38 bits per heavy atom. The lowest BCUT2D eigenvalue weighted by atomic mass is 10.1. The van der Waals surface area contributed by atoms with E-state index < -0.39 is 0 Å². The summed E-state index contributed by atoms with van der Waals surface area (Å²) in [6, 6.07) is 8.93. The number of ether oxygens (including phenoxy) is 1. The van der Waals surface area contributed by atoms with Crippen molar-refractivity contribution in [1.29, 1.82) is 0 Å². The molecule has 0 amide bonds. The average Bonchev–Trinajstić information content (AvgIpc) is 2.59. The minimum Gasteiger partial charge on any atom is -0.379 e. The Bertz CT molecular complexity index is 534. The number of hydrogen-bond acceptors (Lipinski definition) is 3. The Labute approximate surface area is 150 Å². The van der Waals surface area contributed by atoms with Crippen molar-refractivity contribution in [3.8, 4) is 0 Å². The van der Waals surface area contributed by atoms with Crippen molar-refractivity contribution in [2.75, 3.05) is 33.4 Å². The average molecular weight is 353 g/mol. The molecular weight excluding hydrogens is 324 g/mol. The van der Waals surface area contributed by atoms with Gasteiger partial charge in [-0.1, -0.05) is 23.7 Å². The third-order valence-corrected chi connectivity index (χ3v) is 4.75. The van der Waals surface area contributed by atoms with Crippen molar-refractivity contribution < 1.29 is 4.74 Å². The van der Waals surface area contributed by atoms with Gasteiger partial charge in [-0.15, -0.1) is 0 Å². The van der Waals surface area contributed by atoms with Crippen LogP contribution in [-0.2, 0) is 4.74 Å². The van der Waals surface area contributed by atoms with Crippen molar-refractivity contribution in [3.05, 3.63) is 34.9 Å². The highest BCUT2D eigenvalue weighted by Crippen LogP contribution is 2.16. The normalized spacial score (nSPS) is 22.0. The summed E-state index contributed by atoms with van der Waals surface area (Å²) in [4.78, 5) is 6.81. The molecule has 0 aromatic heterocycles. The van der Waals surface area contributed by atoms with E-state index in [4.69, 9.17) is 16.3 Å². The van der Waals surface area contributed by atoms with Crippen LogP contribution in [0, 0.1) is 0 Å². The van der Waals surface area contributed by atoms with Crippen molar-refractivity contribution in [2.24, 2.45) is 4.99 Å². The number of hydrogen-bond donors (Lipinski definition) is 2. The maximum Gasteiger partial charge on any atom is 0.191 e. The van der Waals surface area contributed by atoms with Gasteiger partial charge in [-0.25, -0.2) is 0 Å². The fraction of sp³-hybridized carbons (Fsp3) is 0.611. The molecule has 134 valence electrons. The summed E-state index contributed by atoms with van der Waals surface area (Å²) in [5, 5.41) is 7.61. The lowest BCUT2D eigenvalue weighted by molar-refractivity contribution is -0.0174. The van der Waals surface area contributed by atoms with Gasteiger partial charge >= 0.3 is 0 Å². The number of halogens is 1. The van der Waals surface area contributed by atoms with Crippen molar-refractivity contribution in [1.82, 2.24) is 15.5 Å². The molecule has 1 aromatic carbocycles. The Kier molecular flexibility index (Phi) is 7.34. The molecule has 1 fully saturated rings. The molecule has 1 aliphatic heterocycles. The van der Waals surface area contributed by atoms with Crippen LogP contribution < -0.4 is 10.6 Å². The summed E-state index contributed by atoms with van der Waals surface area (Å²) in [5.74, 6) is 0.810. The van der Waals surface area contributed by atoms with E-state index >= 15 is 0 Å². The van der Waals surface area contributed by atoms with E-state index in [1.807, 2.05) is 24.3 Å². The zero-order chi connectivity index (χ0) is 17.5. The van der Waals surface area contributed by atoms with Crippen LogP contribution in [0.1, 0.15) is 32.4 Å². The second-order valence-electron chi connectivity index (χ2n) is 6.38. The second-order valence-corrected chi connectivity index (χ2v) is 6.82. The van der Waals surface area contributed by atoms with Gasteiger partial charge in [0.15, 0.2) is 5.96 Å². The van der Waals surface area contributed by atoms with E-state index in [9.17, 15) is 0 Å². The second kappa shape index (κ2) is 9.25. The van der Waals surface area contributed by atoms with E-state index in [1.54, 1.807) is 7.05 Å². The molecule has 0 saturated carbocycles. The fourth-order valence-corrected chi connectivity index (χ4v) is 3.12. The molecule has 1 aliphatic rings. The van der Waals surface area contributed by atoms with E-state index in [1.165, 1.54) is 5.56 Å². The van der Waals surface area contributed by atoms with Crippen molar-refractivity contribution in [2.45, 2.75) is 38.9 Å². The van der Waals surface area contributed by atoms with Crippen LogP contribution in [0.3, 0.4) is 0 Å². The number of nitrogens with one attached hydrogen (secondary N) is 2. The number of rotatable bonds is 5. The molecular formula is C18H29ClN4O. The van der Waals surface area contributed by atoms with Crippen LogP contribution >= 0.6 is 11.6 Å². The minimum absolute atomic E-state index is 0.158. The molecule has 1 saturated heterocycles. The highest BCUT2D eigenvalue weighted by Gasteiger charge is 2.23. The molecule has 0 radical (unpaired) electrons. The van der Waals surface area contributed by atoms with Gasteiger partial charge < -0.3 is 15.4 Å². The fourth-order valence-electron chi connectivity index (χ4n) is 2.99. The first kappa shape index (κ1) is 19.0. The Morgan fingerprint density at radius 2 is 2.08 bits per heavy atom. The molecule has 3 unspecified atom stereocenters. The molecule has 1 aromatic rings. The van der Waals surface area contributed by atoms with E-state index in [2.05, 4.69) is 41.3 Å². The number of benzene rings is 1. The third kappa shape index (κ3) is 5.36. The molecule has 0 spiro atoms. The molecule has 2 N–H and O–H groups in total. The number of aliphatic imine (C=N–C) groups is 1. The van der Waals surface area contributed by atoms with Gasteiger partial charge in [0.05, 0.1) is 19.3 Å². The quantitative estimate of drug-likeness (QED) is 0.632. The van der Waals surface area contributed by atoms with Crippen LogP contribution in [-0.4, -0.2) is 56.3 Å². The predicted molar refractivity (Wildman–Crippen MR) is 101 cm³/mol. The van der Waals surface area contributed by atoms with E-state index in [-0.39, 0.29) is 6.04 Å². The summed E-state index contributed by atoms with van der Waals surface area (Å²) in [7, 11) is 1.80. The molecule has 6 heteroatoms. The Hall–Kier alpha value is -1.30. The maximum atomic E-state index is 5.95. The first-order valence-electron chi connectivity index (χ1n) is 8.57. The first-order valence-corrected chi connectivity index (χ1v) is 8.95. The van der Waals surface area contributed by atoms with Crippen LogP contribution in [0.25, 0.3) is 0 Å². The molecule has 3 atom stereocenters. The molecule has 0 bridgehead atoms. The smallest absolute Gasteiger partial charge is 0.191 e. The lowest BCUT2D eigenvalue weighted by Crippen LogP contribution is -2.53. The summed E-state index contributed by atoms with van der Waals surface area (Å²) in [6.45, 7) is 10.0. The Morgan fingerprint density at radius 3 is 2.71 bits per heavy atom. The van der Waals surface area contributed by atoms with Crippen LogP contribution in [0.5, 0.6) is 0 Å². The summed E-state index contributed by atoms with van der Waals surface area (Å²) < 4.78 is 5.51. The van der Waals surface area contributed by atoms with Gasteiger partial charge in [0.25, 0.3) is 0 Å². The standard InChI is InChI=1S/C18H29ClN4O/c1-13(23-9-10-24-12-14(23)2)11-21-18(20-4)22-15(3)16-5-7-17(19)8-6-16/h5-8,13-15H,9-12H2,1-4H3,(H2,20,21,22). The predicted octanol–water partition coefficient (Wildman–Crippen LogP) is 2.68. The van der Waals surface area contributed by atoms with E-state index in [0.717, 1.165) is 37.3 Å². The molecule has 24 heavy (non-hydrogen) atoms. The highest BCUT2D eigenvalue weighted by molar-refractivity contribution is 6.30. The van der Waals surface area contributed by atoms with Crippen LogP contribution in [0.15, 0.2) is 29.3 Å². The van der Waals surface area contributed by atoms with E-state index in [0.29, 0.717) is 12.1 Å². The van der Waals surface area contributed by atoms with Crippen LogP contribution in [0.4, 0.5) is 0 Å². The van der Waals surface area contributed by atoms with Gasteiger partial charge in [0, 0.05) is 37.2 Å². The maximum absolute atomic E-state index is 5.95. The monoisotopic (exact) mass is 352 g/mol. The molecule has 2 rings (SSSR count). The first-order chi connectivity index (χ1) is 11.5. The van der Waals surface area contributed by atoms with Gasteiger partial charge in [-0.05, 0) is 38.5 Å². The Balaban J connectivity index is 1.84. The van der Waals surface area contributed by atoms with Gasteiger partial charge in [0.1, 0.15) is 0 Å². The SMILES string of the molecule is CN=C(NCC(C)N1CCOCC1C)NC(C)c1ccc(Cl)cc1. The number of morpholine rings is 1. The number of nitrogens with zero attached hydrogens (tertiary/aromatic N) is 2. The summed E-state index contributed by atoms with van der Waals surface area (Å²) in [6.07, 6.45) is 0. The number of guanidine groups is 1. The summed E-state index contributed by atoms with van der Waals surface area (Å²) >= 11 is 5.95. The molecule has 0 aliphatic carbocycles. The minimum atomic E-state index is 0.158. The largest absolute Gasteiger partial charge is 0.379 e. The van der Waals surface area contributed by atoms with Gasteiger partial charge in [0.2, 0.25) is 0 Å². The highest BCUT2D eigenvalue weighted by atomic mass is 35.5. The van der Waals surface area contributed by atoms with Gasteiger partial charge in [-0.2, -0.15) is 0 Å². The lowest BCUT2D eigenvalue weighted by Gasteiger charge is -2.38. The van der Waals surface area contributed by atoms with Crippen molar-refractivity contribution in [3.63, 3.8) is 0 Å². The zero-order valence-electron chi connectivity index (χ0n) is 15.1.